The number of ether oxygens (including phenoxy) is 1. The number of hydrogen-bond acceptors (Lipinski definition) is 4. The zero-order valence-electron chi connectivity index (χ0n) is 13.3. The Kier molecular flexibility index (Phi) is 4.56. The standard InChI is InChI=1S/C17H21NO4/c1-17(2,3)16(20)18-11-5-7-14(21-4)13(9-11)15-8-6-12(10-19)22-15/h5-9,19H,10H2,1-4H3,(H,18,20). The molecule has 118 valence electrons. The number of aliphatic hydroxyl groups is 1. The number of hydrogen-bond donors (Lipinski definition) is 2. The van der Waals surface area contributed by atoms with Crippen LogP contribution in [0.4, 0.5) is 5.69 Å². The van der Waals surface area contributed by atoms with Crippen LogP contribution in [0.5, 0.6) is 5.75 Å². The number of furan rings is 1. The van der Waals surface area contributed by atoms with E-state index in [1.807, 2.05) is 20.8 Å². The topological polar surface area (TPSA) is 71.7 Å². The molecule has 1 aromatic heterocycles. The Bertz CT molecular complexity index is 668. The van der Waals surface area contributed by atoms with Gasteiger partial charge >= 0.3 is 0 Å². The highest BCUT2D eigenvalue weighted by atomic mass is 16.5. The van der Waals surface area contributed by atoms with Crippen molar-refractivity contribution in [1.29, 1.82) is 0 Å². The van der Waals surface area contributed by atoms with E-state index in [1.54, 1.807) is 37.4 Å². The van der Waals surface area contributed by atoms with E-state index in [0.29, 0.717) is 28.5 Å². The molecule has 5 heteroatoms. The summed E-state index contributed by atoms with van der Waals surface area (Å²) >= 11 is 0. The molecule has 0 aliphatic rings. The lowest BCUT2D eigenvalue weighted by Gasteiger charge is -2.18. The van der Waals surface area contributed by atoms with E-state index in [1.165, 1.54) is 0 Å². The lowest BCUT2D eigenvalue weighted by molar-refractivity contribution is -0.123. The molecule has 1 heterocycles. The maximum Gasteiger partial charge on any atom is 0.229 e. The van der Waals surface area contributed by atoms with E-state index >= 15 is 0 Å². The summed E-state index contributed by atoms with van der Waals surface area (Å²) in [4.78, 5) is 12.1. The second kappa shape index (κ2) is 6.23. The maximum atomic E-state index is 12.1. The van der Waals surface area contributed by atoms with E-state index in [9.17, 15) is 4.79 Å². The molecule has 0 atom stereocenters. The molecule has 2 rings (SSSR count). The third kappa shape index (κ3) is 3.49. The summed E-state index contributed by atoms with van der Waals surface area (Å²) in [6.45, 7) is 5.40. The first kappa shape index (κ1) is 16.1. The summed E-state index contributed by atoms with van der Waals surface area (Å²) in [6, 6.07) is 8.81. The highest BCUT2D eigenvalue weighted by molar-refractivity contribution is 5.95. The number of aliphatic hydroxyl groups excluding tert-OH is 1. The van der Waals surface area contributed by atoms with Crippen LogP contribution in [0.3, 0.4) is 0 Å². The van der Waals surface area contributed by atoms with Crippen molar-refractivity contribution in [2.75, 3.05) is 12.4 Å². The van der Waals surface area contributed by atoms with Crippen molar-refractivity contribution in [3.05, 3.63) is 36.1 Å². The Morgan fingerprint density at radius 2 is 2.00 bits per heavy atom. The van der Waals surface area contributed by atoms with Crippen LogP contribution in [0.1, 0.15) is 26.5 Å². The van der Waals surface area contributed by atoms with Gasteiger partial charge in [-0.05, 0) is 30.3 Å². The molecule has 0 saturated carbocycles. The summed E-state index contributed by atoms with van der Waals surface area (Å²) in [5.41, 5.74) is 0.904. The molecule has 0 radical (unpaired) electrons. The average molecular weight is 303 g/mol. The third-order valence-corrected chi connectivity index (χ3v) is 3.22. The highest BCUT2D eigenvalue weighted by Crippen LogP contribution is 2.34. The van der Waals surface area contributed by atoms with Crippen molar-refractivity contribution in [3.8, 4) is 17.1 Å². The normalized spacial score (nSPS) is 11.3. The van der Waals surface area contributed by atoms with Crippen LogP contribution in [0.25, 0.3) is 11.3 Å². The van der Waals surface area contributed by atoms with Crippen molar-refractivity contribution < 1.29 is 19.1 Å². The lowest BCUT2D eigenvalue weighted by Crippen LogP contribution is -2.27. The molecular formula is C17H21NO4. The van der Waals surface area contributed by atoms with Gasteiger partial charge in [0.25, 0.3) is 0 Å². The largest absolute Gasteiger partial charge is 0.496 e. The number of rotatable bonds is 4. The number of carbonyl (C=O) groups is 1. The first-order valence-electron chi connectivity index (χ1n) is 7.04. The van der Waals surface area contributed by atoms with Gasteiger partial charge in [0.05, 0.1) is 12.7 Å². The first-order chi connectivity index (χ1) is 10.3. The van der Waals surface area contributed by atoms with Gasteiger partial charge in [-0.15, -0.1) is 0 Å². The first-order valence-corrected chi connectivity index (χ1v) is 7.04. The van der Waals surface area contributed by atoms with Crippen LogP contribution in [0.15, 0.2) is 34.7 Å². The van der Waals surface area contributed by atoms with Gasteiger partial charge in [-0.25, -0.2) is 0 Å². The molecule has 1 amide bonds. The van der Waals surface area contributed by atoms with Gasteiger partial charge in [-0.2, -0.15) is 0 Å². The van der Waals surface area contributed by atoms with Gasteiger partial charge in [-0.3, -0.25) is 4.79 Å². The molecule has 2 N–H and O–H groups in total. The molecular weight excluding hydrogens is 282 g/mol. The van der Waals surface area contributed by atoms with Crippen LogP contribution in [0, 0.1) is 5.41 Å². The highest BCUT2D eigenvalue weighted by Gasteiger charge is 2.21. The summed E-state index contributed by atoms with van der Waals surface area (Å²) in [5.74, 6) is 1.61. The van der Waals surface area contributed by atoms with E-state index in [0.717, 1.165) is 0 Å². The van der Waals surface area contributed by atoms with Crippen LogP contribution < -0.4 is 10.1 Å². The molecule has 0 bridgehead atoms. The third-order valence-electron chi connectivity index (χ3n) is 3.22. The predicted octanol–water partition coefficient (Wildman–Crippen LogP) is 3.43. The molecule has 22 heavy (non-hydrogen) atoms. The Balaban J connectivity index is 2.36. The van der Waals surface area contributed by atoms with Crippen LogP contribution in [0.2, 0.25) is 0 Å². The molecule has 1 aromatic carbocycles. The Labute approximate surface area is 129 Å². The fourth-order valence-corrected chi connectivity index (χ4v) is 1.90. The molecule has 0 aliphatic heterocycles. The Morgan fingerprint density at radius 3 is 2.55 bits per heavy atom. The number of carbonyl (C=O) groups excluding carboxylic acids is 1. The van der Waals surface area contributed by atoms with Gasteiger partial charge in [0.1, 0.15) is 23.9 Å². The number of benzene rings is 1. The average Bonchev–Trinajstić information content (AvgIpc) is 2.95. The van der Waals surface area contributed by atoms with E-state index in [2.05, 4.69) is 5.32 Å². The van der Waals surface area contributed by atoms with Crippen LogP contribution >= 0.6 is 0 Å². The molecule has 0 fully saturated rings. The predicted molar refractivity (Wildman–Crippen MR) is 84.7 cm³/mol. The second-order valence-electron chi connectivity index (χ2n) is 6.04. The fourth-order valence-electron chi connectivity index (χ4n) is 1.90. The maximum absolute atomic E-state index is 12.1. The van der Waals surface area contributed by atoms with E-state index in [4.69, 9.17) is 14.3 Å². The molecule has 2 aromatic rings. The smallest absolute Gasteiger partial charge is 0.229 e. The Morgan fingerprint density at radius 1 is 1.27 bits per heavy atom. The minimum absolute atomic E-state index is 0.0703. The zero-order chi connectivity index (χ0) is 16.3. The van der Waals surface area contributed by atoms with Gasteiger partial charge < -0.3 is 19.6 Å². The SMILES string of the molecule is COc1ccc(NC(=O)C(C)(C)C)cc1-c1ccc(CO)o1. The summed E-state index contributed by atoms with van der Waals surface area (Å²) in [6.07, 6.45) is 0. The van der Waals surface area contributed by atoms with Crippen LogP contribution in [-0.2, 0) is 11.4 Å². The fraction of sp³-hybridized carbons (Fsp3) is 0.353. The molecule has 0 saturated heterocycles. The van der Waals surface area contributed by atoms with E-state index < -0.39 is 5.41 Å². The van der Waals surface area contributed by atoms with Crippen molar-refractivity contribution in [3.63, 3.8) is 0 Å². The van der Waals surface area contributed by atoms with Crippen LogP contribution in [-0.4, -0.2) is 18.1 Å². The monoisotopic (exact) mass is 303 g/mol. The Hall–Kier alpha value is -2.27. The summed E-state index contributed by atoms with van der Waals surface area (Å²) in [7, 11) is 1.57. The number of methoxy groups -OCH3 is 1. The lowest BCUT2D eigenvalue weighted by atomic mass is 9.95. The summed E-state index contributed by atoms with van der Waals surface area (Å²) < 4.78 is 10.9. The van der Waals surface area contributed by atoms with Gasteiger partial charge in [0.15, 0.2) is 0 Å². The minimum Gasteiger partial charge on any atom is -0.496 e. The van der Waals surface area contributed by atoms with Crippen molar-refractivity contribution in [2.24, 2.45) is 5.41 Å². The van der Waals surface area contributed by atoms with Crippen molar-refractivity contribution in [2.45, 2.75) is 27.4 Å². The summed E-state index contributed by atoms with van der Waals surface area (Å²) in [5, 5.41) is 12.0. The van der Waals surface area contributed by atoms with Gasteiger partial charge in [-0.1, -0.05) is 20.8 Å². The molecule has 0 unspecified atom stereocenters. The van der Waals surface area contributed by atoms with Gasteiger partial charge in [0.2, 0.25) is 5.91 Å². The minimum atomic E-state index is -0.477. The quantitative estimate of drug-likeness (QED) is 0.907. The van der Waals surface area contributed by atoms with Crippen molar-refractivity contribution >= 4 is 11.6 Å². The zero-order valence-corrected chi connectivity index (χ0v) is 13.3. The van der Waals surface area contributed by atoms with E-state index in [-0.39, 0.29) is 12.5 Å². The number of nitrogens with one attached hydrogen (secondary N) is 1. The molecule has 0 aliphatic carbocycles. The number of anilines is 1. The number of amides is 1. The second-order valence-corrected chi connectivity index (χ2v) is 6.04. The molecule has 5 nitrogen and oxygen atoms in total. The van der Waals surface area contributed by atoms with Gasteiger partial charge in [0, 0.05) is 11.1 Å². The van der Waals surface area contributed by atoms with Crippen molar-refractivity contribution in [1.82, 2.24) is 0 Å². The molecule has 0 spiro atoms.